The van der Waals surface area contributed by atoms with Crippen molar-refractivity contribution in [2.45, 2.75) is 20.3 Å². The maximum absolute atomic E-state index is 9.31. The number of aromatic amines is 1. The molecule has 1 aromatic heterocycles. The maximum Gasteiger partial charge on any atom is 0.108 e. The molecule has 0 spiro atoms. The third-order valence-corrected chi connectivity index (χ3v) is 5.63. The van der Waals surface area contributed by atoms with Gasteiger partial charge < -0.3 is 9.88 Å². The van der Waals surface area contributed by atoms with Crippen molar-refractivity contribution in [1.29, 1.82) is 5.26 Å². The molecule has 1 saturated heterocycles. The number of fused-ring (bicyclic) bond motifs is 1. The molecule has 0 aliphatic carbocycles. The number of aryl methyl sites for hydroxylation is 2. The molecule has 5 nitrogen and oxygen atoms in total. The number of benzene rings is 2. The number of nitrogens with one attached hydrogen (secondary N) is 1. The van der Waals surface area contributed by atoms with Crippen LogP contribution in [0.25, 0.3) is 11.0 Å². The van der Waals surface area contributed by atoms with Gasteiger partial charge in [-0.25, -0.2) is 4.98 Å². The van der Waals surface area contributed by atoms with Crippen molar-refractivity contribution in [2.24, 2.45) is 0 Å². The molecule has 0 amide bonds. The number of nitrogens with zero attached hydrogens (tertiary/aromatic N) is 4. The number of rotatable bonds is 4. The quantitative estimate of drug-likeness (QED) is 0.775. The predicted octanol–water partition coefficient (Wildman–Crippen LogP) is 3.42. The number of piperazine rings is 1. The molecule has 1 fully saturated rings. The zero-order valence-corrected chi connectivity index (χ0v) is 16.0. The van der Waals surface area contributed by atoms with Gasteiger partial charge in [0.25, 0.3) is 0 Å². The van der Waals surface area contributed by atoms with E-state index in [0.29, 0.717) is 0 Å². The minimum atomic E-state index is 0.763. The first kappa shape index (κ1) is 17.6. The molecule has 0 atom stereocenters. The fourth-order valence-corrected chi connectivity index (χ4v) is 3.80. The Morgan fingerprint density at radius 3 is 2.63 bits per heavy atom. The van der Waals surface area contributed by atoms with Crippen LogP contribution in [0.3, 0.4) is 0 Å². The maximum atomic E-state index is 9.31. The van der Waals surface area contributed by atoms with Crippen LogP contribution in [0.4, 0.5) is 5.69 Å². The van der Waals surface area contributed by atoms with E-state index in [-0.39, 0.29) is 0 Å². The molecular weight excluding hydrogens is 334 g/mol. The number of imidazole rings is 1. The Morgan fingerprint density at radius 2 is 1.85 bits per heavy atom. The van der Waals surface area contributed by atoms with Gasteiger partial charge in [0, 0.05) is 39.1 Å². The van der Waals surface area contributed by atoms with Crippen LogP contribution in [-0.2, 0) is 6.42 Å². The molecule has 1 N–H and O–H groups in total. The van der Waals surface area contributed by atoms with Gasteiger partial charge in [0.15, 0.2) is 0 Å². The zero-order valence-electron chi connectivity index (χ0n) is 16.0. The molecule has 5 heteroatoms. The highest BCUT2D eigenvalue weighted by Crippen LogP contribution is 2.22. The van der Waals surface area contributed by atoms with Crippen LogP contribution in [-0.4, -0.2) is 47.6 Å². The number of hydrogen-bond donors (Lipinski definition) is 1. The molecule has 0 unspecified atom stereocenters. The molecule has 1 aliphatic rings. The lowest BCUT2D eigenvalue weighted by Crippen LogP contribution is -2.47. The Hall–Kier alpha value is -2.84. The summed E-state index contributed by atoms with van der Waals surface area (Å²) in [5.74, 6) is 1.07. The van der Waals surface area contributed by atoms with Gasteiger partial charge in [-0.15, -0.1) is 0 Å². The van der Waals surface area contributed by atoms with Crippen LogP contribution in [0.1, 0.15) is 22.5 Å². The van der Waals surface area contributed by atoms with Crippen LogP contribution in [0.2, 0.25) is 0 Å². The minimum Gasteiger partial charge on any atom is -0.368 e. The van der Waals surface area contributed by atoms with E-state index in [2.05, 4.69) is 46.8 Å². The van der Waals surface area contributed by atoms with Crippen molar-refractivity contribution in [3.8, 4) is 6.07 Å². The molecule has 1 aliphatic heterocycles. The van der Waals surface area contributed by atoms with E-state index in [0.717, 1.165) is 67.3 Å². The standard InChI is InChI=1S/C22H25N5/c1-16-7-8-19-22(17(16)2)25-21(24-19)9-10-26-11-13-27(14-12-26)20-6-4-3-5-18(20)15-23/h3-8H,9-14H2,1-2H3,(H,24,25). The van der Waals surface area contributed by atoms with Crippen molar-refractivity contribution in [2.75, 3.05) is 37.6 Å². The van der Waals surface area contributed by atoms with E-state index in [9.17, 15) is 5.26 Å². The van der Waals surface area contributed by atoms with Gasteiger partial charge >= 0.3 is 0 Å². The summed E-state index contributed by atoms with van der Waals surface area (Å²) in [6, 6.07) is 14.5. The van der Waals surface area contributed by atoms with Crippen LogP contribution in [0, 0.1) is 25.2 Å². The Bertz CT molecular complexity index is 990. The lowest BCUT2D eigenvalue weighted by Gasteiger charge is -2.36. The van der Waals surface area contributed by atoms with Crippen molar-refractivity contribution in [1.82, 2.24) is 14.9 Å². The molecule has 3 aromatic rings. The first-order valence-corrected chi connectivity index (χ1v) is 9.57. The van der Waals surface area contributed by atoms with E-state index in [1.807, 2.05) is 24.3 Å². The van der Waals surface area contributed by atoms with E-state index >= 15 is 0 Å². The minimum absolute atomic E-state index is 0.763. The highest BCUT2D eigenvalue weighted by molar-refractivity contribution is 5.79. The monoisotopic (exact) mass is 359 g/mol. The van der Waals surface area contributed by atoms with E-state index in [4.69, 9.17) is 4.98 Å². The number of aromatic nitrogens is 2. The summed E-state index contributed by atoms with van der Waals surface area (Å²) in [5.41, 5.74) is 6.60. The van der Waals surface area contributed by atoms with E-state index < -0.39 is 0 Å². The van der Waals surface area contributed by atoms with Crippen LogP contribution < -0.4 is 4.90 Å². The molecule has 27 heavy (non-hydrogen) atoms. The molecule has 138 valence electrons. The highest BCUT2D eigenvalue weighted by Gasteiger charge is 2.19. The molecular formula is C22H25N5. The number of anilines is 1. The number of para-hydroxylation sites is 1. The summed E-state index contributed by atoms with van der Waals surface area (Å²) < 4.78 is 0. The largest absolute Gasteiger partial charge is 0.368 e. The number of nitriles is 1. The van der Waals surface area contributed by atoms with E-state index in [1.165, 1.54) is 11.1 Å². The molecule has 4 rings (SSSR count). The third kappa shape index (κ3) is 3.54. The average Bonchev–Trinajstić information content (AvgIpc) is 3.13. The van der Waals surface area contributed by atoms with Gasteiger partial charge in [-0.1, -0.05) is 18.2 Å². The second-order valence-corrected chi connectivity index (χ2v) is 7.29. The summed E-state index contributed by atoms with van der Waals surface area (Å²) in [6.45, 7) is 9.21. The van der Waals surface area contributed by atoms with Gasteiger partial charge in [-0.05, 0) is 43.2 Å². The van der Waals surface area contributed by atoms with E-state index in [1.54, 1.807) is 0 Å². The summed E-state index contributed by atoms with van der Waals surface area (Å²) in [6.07, 6.45) is 0.932. The van der Waals surface area contributed by atoms with Crippen LogP contribution >= 0.6 is 0 Å². The Kier molecular flexibility index (Phi) is 4.83. The van der Waals surface area contributed by atoms with Crippen LogP contribution in [0.5, 0.6) is 0 Å². The smallest absolute Gasteiger partial charge is 0.108 e. The molecule has 2 heterocycles. The fraction of sp³-hybridized carbons (Fsp3) is 0.364. The lowest BCUT2D eigenvalue weighted by molar-refractivity contribution is 0.259. The molecule has 0 saturated carbocycles. The van der Waals surface area contributed by atoms with Crippen molar-refractivity contribution in [3.63, 3.8) is 0 Å². The first-order valence-electron chi connectivity index (χ1n) is 9.57. The zero-order chi connectivity index (χ0) is 18.8. The number of hydrogen-bond acceptors (Lipinski definition) is 4. The number of H-pyrrole nitrogens is 1. The van der Waals surface area contributed by atoms with Crippen molar-refractivity contribution < 1.29 is 0 Å². The Balaban J connectivity index is 1.36. The van der Waals surface area contributed by atoms with Gasteiger partial charge in [0.1, 0.15) is 11.9 Å². The second-order valence-electron chi connectivity index (χ2n) is 7.29. The topological polar surface area (TPSA) is 59.0 Å². The normalized spacial score (nSPS) is 15.2. The van der Waals surface area contributed by atoms with Crippen molar-refractivity contribution in [3.05, 3.63) is 58.9 Å². The highest BCUT2D eigenvalue weighted by atomic mass is 15.3. The SMILES string of the molecule is Cc1ccc2[nH]c(CCN3CCN(c4ccccc4C#N)CC3)nc2c1C. The second kappa shape index (κ2) is 7.42. The van der Waals surface area contributed by atoms with Gasteiger partial charge in [-0.2, -0.15) is 5.26 Å². The lowest BCUT2D eigenvalue weighted by atomic mass is 10.1. The Morgan fingerprint density at radius 1 is 1.07 bits per heavy atom. The summed E-state index contributed by atoms with van der Waals surface area (Å²) in [5, 5.41) is 9.31. The van der Waals surface area contributed by atoms with Crippen LogP contribution in [0.15, 0.2) is 36.4 Å². The van der Waals surface area contributed by atoms with Gasteiger partial charge in [0.2, 0.25) is 0 Å². The molecule has 0 radical (unpaired) electrons. The Labute approximate surface area is 160 Å². The predicted molar refractivity (Wildman–Crippen MR) is 109 cm³/mol. The molecule has 0 bridgehead atoms. The van der Waals surface area contributed by atoms with Gasteiger partial charge in [-0.3, -0.25) is 4.90 Å². The third-order valence-electron chi connectivity index (χ3n) is 5.63. The summed E-state index contributed by atoms with van der Waals surface area (Å²) >= 11 is 0. The average molecular weight is 359 g/mol. The summed E-state index contributed by atoms with van der Waals surface area (Å²) in [7, 11) is 0. The van der Waals surface area contributed by atoms with Gasteiger partial charge in [0.05, 0.1) is 22.3 Å². The molecule has 2 aromatic carbocycles. The summed E-state index contributed by atoms with van der Waals surface area (Å²) in [4.78, 5) is 13.1. The first-order chi connectivity index (χ1) is 13.2. The fourth-order valence-electron chi connectivity index (χ4n) is 3.80. The van der Waals surface area contributed by atoms with Crippen molar-refractivity contribution >= 4 is 16.7 Å².